The molecule has 21 heavy (non-hydrogen) atoms. The third-order valence-corrected chi connectivity index (χ3v) is 3.94. The summed E-state index contributed by atoms with van der Waals surface area (Å²) in [4.78, 5) is 11.9. The summed E-state index contributed by atoms with van der Waals surface area (Å²) in [6, 6.07) is 10.6. The lowest BCUT2D eigenvalue weighted by Crippen LogP contribution is -2.17. The molecule has 2 N–H and O–H groups in total. The molecule has 2 aromatic carbocycles. The Morgan fingerprint density at radius 2 is 1.76 bits per heavy atom. The first-order chi connectivity index (χ1) is 9.97. The number of halogens is 2. The first-order valence-corrected chi connectivity index (χ1v) is 7.64. The van der Waals surface area contributed by atoms with Crippen molar-refractivity contribution in [3.8, 4) is 5.75 Å². The van der Waals surface area contributed by atoms with Crippen molar-refractivity contribution < 1.29 is 9.90 Å². The van der Waals surface area contributed by atoms with Crippen molar-refractivity contribution >= 4 is 44.0 Å². The normalized spacial score (nSPS) is 10.8. The second kappa shape index (κ2) is 6.87. The van der Waals surface area contributed by atoms with Gasteiger partial charge in [0.2, 0.25) is 0 Å². The van der Waals surface area contributed by atoms with Crippen molar-refractivity contribution in [2.24, 2.45) is 5.10 Å². The van der Waals surface area contributed by atoms with Gasteiger partial charge in [0.05, 0.1) is 15.2 Å². The van der Waals surface area contributed by atoms with Crippen LogP contribution in [0.2, 0.25) is 0 Å². The van der Waals surface area contributed by atoms with Crippen LogP contribution in [0.15, 0.2) is 50.4 Å². The highest BCUT2D eigenvalue weighted by molar-refractivity contribution is 9.11. The zero-order chi connectivity index (χ0) is 15.4. The number of carbonyl (C=O) groups is 1. The first-order valence-electron chi connectivity index (χ1n) is 6.05. The quantitative estimate of drug-likeness (QED) is 0.592. The van der Waals surface area contributed by atoms with Crippen molar-refractivity contribution in [3.63, 3.8) is 0 Å². The van der Waals surface area contributed by atoms with E-state index in [1.165, 1.54) is 6.21 Å². The number of aryl methyl sites for hydroxylation is 1. The Bertz CT molecular complexity index is 674. The summed E-state index contributed by atoms with van der Waals surface area (Å²) in [5, 5.41) is 13.5. The lowest BCUT2D eigenvalue weighted by molar-refractivity contribution is 0.0955. The van der Waals surface area contributed by atoms with E-state index in [1.807, 2.05) is 19.1 Å². The van der Waals surface area contributed by atoms with E-state index < -0.39 is 0 Å². The van der Waals surface area contributed by atoms with E-state index in [1.54, 1.807) is 24.3 Å². The number of carbonyl (C=O) groups excluding carboxylic acids is 1. The van der Waals surface area contributed by atoms with E-state index in [9.17, 15) is 9.90 Å². The molecule has 1 amide bonds. The van der Waals surface area contributed by atoms with Crippen molar-refractivity contribution in [2.45, 2.75) is 6.92 Å². The molecule has 0 saturated heterocycles. The van der Waals surface area contributed by atoms with Crippen LogP contribution in [0, 0.1) is 6.92 Å². The minimum absolute atomic E-state index is 0.121. The predicted octanol–water partition coefficient (Wildman–Crippen LogP) is 3.99. The number of hydrogen-bond donors (Lipinski definition) is 2. The number of aromatic hydroxyl groups is 1. The highest BCUT2D eigenvalue weighted by atomic mass is 79.9. The lowest BCUT2D eigenvalue weighted by atomic mass is 10.1. The fourth-order valence-corrected chi connectivity index (χ4v) is 2.82. The zero-order valence-corrected chi connectivity index (χ0v) is 14.3. The van der Waals surface area contributed by atoms with Crippen molar-refractivity contribution in [2.75, 3.05) is 0 Å². The van der Waals surface area contributed by atoms with Gasteiger partial charge in [-0.15, -0.1) is 0 Å². The Morgan fingerprint density at radius 3 is 2.33 bits per heavy atom. The van der Waals surface area contributed by atoms with Crippen molar-refractivity contribution in [1.29, 1.82) is 0 Å². The molecule has 2 rings (SSSR count). The largest absolute Gasteiger partial charge is 0.506 e. The number of nitrogens with one attached hydrogen (secondary N) is 1. The Kier molecular flexibility index (Phi) is 5.14. The molecule has 0 saturated carbocycles. The van der Waals surface area contributed by atoms with E-state index in [0.717, 1.165) is 11.1 Å². The van der Waals surface area contributed by atoms with Gasteiger partial charge in [0, 0.05) is 5.56 Å². The summed E-state index contributed by atoms with van der Waals surface area (Å²) in [5.41, 5.74) is 4.83. The molecule has 0 bridgehead atoms. The summed E-state index contributed by atoms with van der Waals surface area (Å²) in [5.74, 6) is -0.154. The molecule has 0 spiro atoms. The fraction of sp³-hybridized carbons (Fsp3) is 0.0667. The molecule has 0 aliphatic heterocycles. The highest BCUT2D eigenvalue weighted by Gasteiger charge is 2.05. The Labute approximate surface area is 139 Å². The number of phenolic OH excluding ortho intramolecular Hbond substituents is 1. The zero-order valence-electron chi connectivity index (χ0n) is 11.1. The molecule has 0 atom stereocenters. The second-order valence-corrected chi connectivity index (χ2v) is 6.11. The third kappa shape index (κ3) is 4.15. The summed E-state index contributed by atoms with van der Waals surface area (Å²) in [6.07, 6.45) is 1.50. The molecule has 0 radical (unpaired) electrons. The average Bonchev–Trinajstić information content (AvgIpc) is 2.45. The van der Waals surface area contributed by atoms with Gasteiger partial charge in [-0.25, -0.2) is 5.43 Å². The molecule has 4 nitrogen and oxygen atoms in total. The average molecular weight is 412 g/mol. The van der Waals surface area contributed by atoms with Gasteiger partial charge in [0.15, 0.2) is 0 Å². The molecule has 6 heteroatoms. The van der Waals surface area contributed by atoms with Gasteiger partial charge in [-0.2, -0.15) is 5.10 Å². The SMILES string of the molecule is Cc1ccc(C(=O)NN=Cc2cc(Br)c(O)c(Br)c2)cc1. The third-order valence-electron chi connectivity index (χ3n) is 2.73. The molecule has 0 fully saturated rings. The van der Waals surface area contributed by atoms with E-state index >= 15 is 0 Å². The van der Waals surface area contributed by atoms with Crippen molar-refractivity contribution in [3.05, 3.63) is 62.0 Å². The molecular weight excluding hydrogens is 400 g/mol. The Hall–Kier alpha value is -1.66. The van der Waals surface area contributed by atoms with Crippen LogP contribution in [0.1, 0.15) is 21.5 Å². The van der Waals surface area contributed by atoms with Crippen LogP contribution in [0.3, 0.4) is 0 Å². The number of amides is 1. The van der Waals surface area contributed by atoms with Crippen LogP contribution in [-0.2, 0) is 0 Å². The summed E-state index contributed by atoms with van der Waals surface area (Å²) >= 11 is 6.46. The predicted molar refractivity (Wildman–Crippen MR) is 89.7 cm³/mol. The van der Waals surface area contributed by atoms with Gasteiger partial charge in [-0.3, -0.25) is 4.79 Å². The van der Waals surface area contributed by atoms with Gasteiger partial charge < -0.3 is 5.11 Å². The van der Waals surface area contributed by atoms with Crippen LogP contribution >= 0.6 is 31.9 Å². The topological polar surface area (TPSA) is 61.7 Å². The van der Waals surface area contributed by atoms with Gasteiger partial charge in [-0.05, 0) is 68.6 Å². The number of phenols is 1. The van der Waals surface area contributed by atoms with Gasteiger partial charge >= 0.3 is 0 Å². The molecule has 0 aliphatic rings. The molecule has 108 valence electrons. The van der Waals surface area contributed by atoms with Gasteiger partial charge in [0.1, 0.15) is 5.75 Å². The summed E-state index contributed by atoms with van der Waals surface area (Å²) < 4.78 is 1.09. The maximum Gasteiger partial charge on any atom is 0.271 e. The minimum atomic E-state index is -0.275. The van der Waals surface area contributed by atoms with Crippen LogP contribution in [0.25, 0.3) is 0 Å². The molecule has 0 aromatic heterocycles. The van der Waals surface area contributed by atoms with E-state index in [-0.39, 0.29) is 11.7 Å². The molecule has 2 aromatic rings. The van der Waals surface area contributed by atoms with E-state index in [2.05, 4.69) is 42.4 Å². The highest BCUT2D eigenvalue weighted by Crippen LogP contribution is 2.32. The number of rotatable bonds is 3. The second-order valence-electron chi connectivity index (χ2n) is 4.40. The van der Waals surface area contributed by atoms with Gasteiger partial charge in [-0.1, -0.05) is 17.7 Å². The van der Waals surface area contributed by atoms with Gasteiger partial charge in [0.25, 0.3) is 5.91 Å². The smallest absolute Gasteiger partial charge is 0.271 e. The van der Waals surface area contributed by atoms with Crippen LogP contribution in [0.5, 0.6) is 5.75 Å². The number of hydrogen-bond acceptors (Lipinski definition) is 3. The number of hydrazone groups is 1. The Balaban J connectivity index is 2.05. The fourth-order valence-electron chi connectivity index (χ4n) is 1.59. The van der Waals surface area contributed by atoms with Crippen molar-refractivity contribution in [1.82, 2.24) is 5.43 Å². The monoisotopic (exact) mass is 410 g/mol. The van der Waals surface area contributed by atoms with E-state index in [0.29, 0.717) is 14.5 Å². The minimum Gasteiger partial charge on any atom is -0.506 e. The lowest BCUT2D eigenvalue weighted by Gasteiger charge is -2.02. The standard InChI is InChI=1S/C15H12Br2N2O2/c1-9-2-4-11(5-3-9)15(21)19-18-8-10-6-12(16)14(20)13(17)7-10/h2-8,20H,1H3,(H,19,21). The van der Waals surface area contributed by atoms with Crippen LogP contribution < -0.4 is 5.43 Å². The Morgan fingerprint density at radius 1 is 1.19 bits per heavy atom. The molecule has 0 unspecified atom stereocenters. The van der Waals surface area contributed by atoms with Crippen LogP contribution in [-0.4, -0.2) is 17.2 Å². The maximum absolute atomic E-state index is 11.9. The summed E-state index contributed by atoms with van der Waals surface area (Å²) in [7, 11) is 0. The van der Waals surface area contributed by atoms with E-state index in [4.69, 9.17) is 0 Å². The van der Waals surface area contributed by atoms with Crippen LogP contribution in [0.4, 0.5) is 0 Å². The summed E-state index contributed by atoms with van der Waals surface area (Å²) in [6.45, 7) is 1.96. The molecule has 0 aliphatic carbocycles. The maximum atomic E-state index is 11.9. The first kappa shape index (κ1) is 15.7. The molecular formula is C15H12Br2N2O2. The molecule has 0 heterocycles. The number of nitrogens with zero attached hydrogens (tertiary/aromatic N) is 1. The number of benzene rings is 2.